The number of aryl methyl sites for hydroxylation is 2. The number of rotatable bonds is 5. The number of nitrogens with zero attached hydrogens (tertiary/aromatic N) is 2. The minimum Gasteiger partial charge on any atom is -0.268 e. The number of thioether (sulfide) groups is 1. The van der Waals surface area contributed by atoms with Crippen LogP contribution >= 0.6 is 23.1 Å². The summed E-state index contributed by atoms with van der Waals surface area (Å²) >= 11 is 3.32. The fourth-order valence-electron chi connectivity index (χ4n) is 3.96. The van der Waals surface area contributed by atoms with Gasteiger partial charge < -0.3 is 0 Å². The summed E-state index contributed by atoms with van der Waals surface area (Å²) in [5, 5.41) is 1.60. The molecule has 3 nitrogen and oxygen atoms in total. The zero-order valence-corrected chi connectivity index (χ0v) is 18.2. The number of fused-ring (bicyclic) bond motifs is 3. The van der Waals surface area contributed by atoms with Gasteiger partial charge in [-0.2, -0.15) is 0 Å². The van der Waals surface area contributed by atoms with E-state index in [0.717, 1.165) is 46.1 Å². The number of thiophene rings is 1. The summed E-state index contributed by atoms with van der Waals surface area (Å²) in [6.45, 7) is 0. The molecule has 5 heteroatoms. The Labute approximate surface area is 184 Å². The molecule has 5 rings (SSSR count). The van der Waals surface area contributed by atoms with E-state index in [1.807, 2.05) is 48.5 Å². The highest BCUT2D eigenvalue weighted by Crippen LogP contribution is 2.35. The van der Waals surface area contributed by atoms with Crippen molar-refractivity contribution >= 4 is 39.4 Å². The molecule has 0 saturated heterocycles. The Hall–Kier alpha value is -2.63. The van der Waals surface area contributed by atoms with Crippen molar-refractivity contribution in [3.8, 4) is 5.69 Å². The second-order valence-electron chi connectivity index (χ2n) is 7.39. The van der Waals surface area contributed by atoms with Crippen molar-refractivity contribution < 1.29 is 0 Å². The van der Waals surface area contributed by atoms with Crippen LogP contribution in [0.1, 0.15) is 28.8 Å². The number of aromatic nitrogens is 2. The third-order valence-electron chi connectivity index (χ3n) is 5.39. The van der Waals surface area contributed by atoms with Gasteiger partial charge in [0.05, 0.1) is 11.1 Å². The normalized spacial score (nSPS) is 13.7. The first-order chi connectivity index (χ1) is 14.8. The molecule has 2 heterocycles. The van der Waals surface area contributed by atoms with E-state index < -0.39 is 0 Å². The highest BCUT2D eigenvalue weighted by molar-refractivity contribution is 7.99. The third-order valence-corrected chi connectivity index (χ3v) is 7.47. The Morgan fingerprint density at radius 3 is 2.53 bits per heavy atom. The Morgan fingerprint density at radius 1 is 1.00 bits per heavy atom. The fraction of sp³-hybridized carbons (Fsp3) is 0.200. The second kappa shape index (κ2) is 8.62. The van der Waals surface area contributed by atoms with E-state index in [0.29, 0.717) is 0 Å². The van der Waals surface area contributed by atoms with E-state index in [1.165, 1.54) is 22.4 Å². The molecule has 0 bridgehead atoms. The summed E-state index contributed by atoms with van der Waals surface area (Å²) in [6, 6.07) is 20.1. The van der Waals surface area contributed by atoms with Gasteiger partial charge in [-0.3, -0.25) is 9.36 Å². The summed E-state index contributed by atoms with van der Waals surface area (Å²) in [5.41, 5.74) is 3.36. The summed E-state index contributed by atoms with van der Waals surface area (Å²) in [6.07, 6.45) is 8.67. The highest BCUT2D eigenvalue weighted by Gasteiger charge is 2.22. The number of benzene rings is 2. The molecule has 0 N–H and O–H groups in total. The first-order valence-electron chi connectivity index (χ1n) is 10.3. The van der Waals surface area contributed by atoms with Gasteiger partial charge in [0.25, 0.3) is 5.56 Å². The molecule has 0 fully saturated rings. The van der Waals surface area contributed by atoms with E-state index in [9.17, 15) is 4.79 Å². The van der Waals surface area contributed by atoms with E-state index in [-0.39, 0.29) is 5.56 Å². The molecule has 2 aromatic heterocycles. The minimum atomic E-state index is 0.0696. The van der Waals surface area contributed by atoms with Crippen molar-refractivity contribution in [1.29, 1.82) is 0 Å². The summed E-state index contributed by atoms with van der Waals surface area (Å²) in [7, 11) is 0. The molecule has 0 amide bonds. The zero-order valence-electron chi connectivity index (χ0n) is 16.6. The number of para-hydroxylation sites is 1. The summed E-state index contributed by atoms with van der Waals surface area (Å²) in [4.78, 5) is 20.9. The van der Waals surface area contributed by atoms with Crippen molar-refractivity contribution in [3.63, 3.8) is 0 Å². The molecular weight excluding hydrogens is 408 g/mol. The van der Waals surface area contributed by atoms with Gasteiger partial charge in [0.1, 0.15) is 4.83 Å². The molecule has 0 aliphatic heterocycles. The molecule has 0 spiro atoms. The van der Waals surface area contributed by atoms with Gasteiger partial charge in [0, 0.05) is 10.6 Å². The molecule has 0 radical (unpaired) electrons. The van der Waals surface area contributed by atoms with Crippen LogP contribution in [0.25, 0.3) is 22.0 Å². The Morgan fingerprint density at radius 2 is 1.73 bits per heavy atom. The van der Waals surface area contributed by atoms with Gasteiger partial charge in [0.2, 0.25) is 0 Å². The van der Waals surface area contributed by atoms with E-state index in [2.05, 4.69) is 24.3 Å². The number of hydrogen-bond acceptors (Lipinski definition) is 4. The molecule has 4 aromatic rings. The summed E-state index contributed by atoms with van der Waals surface area (Å²) < 4.78 is 1.80. The third kappa shape index (κ3) is 3.75. The predicted molar refractivity (Wildman–Crippen MR) is 128 cm³/mol. The second-order valence-corrected chi connectivity index (χ2v) is 9.46. The zero-order chi connectivity index (χ0) is 20.3. The van der Waals surface area contributed by atoms with Crippen molar-refractivity contribution in [2.45, 2.75) is 30.8 Å². The van der Waals surface area contributed by atoms with Crippen molar-refractivity contribution in [3.05, 3.63) is 93.1 Å². The maximum atomic E-state index is 13.6. The molecule has 0 saturated carbocycles. The van der Waals surface area contributed by atoms with Crippen LogP contribution in [0.3, 0.4) is 0 Å². The van der Waals surface area contributed by atoms with Gasteiger partial charge in [-0.1, -0.05) is 72.4 Å². The van der Waals surface area contributed by atoms with Crippen molar-refractivity contribution in [2.75, 3.05) is 5.75 Å². The van der Waals surface area contributed by atoms with Crippen LogP contribution in [0.15, 0.2) is 76.7 Å². The van der Waals surface area contributed by atoms with Crippen LogP contribution in [-0.4, -0.2) is 15.3 Å². The molecule has 0 unspecified atom stereocenters. The lowest BCUT2D eigenvalue weighted by molar-refractivity contribution is 0.699. The molecule has 1 aliphatic rings. The lowest BCUT2D eigenvalue weighted by Gasteiger charge is -2.13. The highest BCUT2D eigenvalue weighted by atomic mass is 32.2. The Balaban J connectivity index is 1.56. The average molecular weight is 431 g/mol. The maximum Gasteiger partial charge on any atom is 0.267 e. The van der Waals surface area contributed by atoms with Gasteiger partial charge in [-0.25, -0.2) is 4.98 Å². The minimum absolute atomic E-state index is 0.0696. The van der Waals surface area contributed by atoms with Crippen molar-refractivity contribution in [1.82, 2.24) is 9.55 Å². The molecule has 0 atom stereocenters. The smallest absolute Gasteiger partial charge is 0.267 e. The van der Waals surface area contributed by atoms with Crippen LogP contribution in [0, 0.1) is 0 Å². The number of hydrogen-bond donors (Lipinski definition) is 0. The van der Waals surface area contributed by atoms with Crippen LogP contribution in [0.2, 0.25) is 0 Å². The van der Waals surface area contributed by atoms with Crippen LogP contribution in [0.5, 0.6) is 0 Å². The first-order valence-corrected chi connectivity index (χ1v) is 12.1. The molecule has 1 aliphatic carbocycles. The fourth-order valence-corrected chi connectivity index (χ4v) is 6.08. The van der Waals surface area contributed by atoms with E-state index in [1.54, 1.807) is 27.7 Å². The predicted octanol–water partition coefficient (Wildman–Crippen LogP) is 6.13. The lowest BCUT2D eigenvalue weighted by Crippen LogP contribution is -2.22. The van der Waals surface area contributed by atoms with Gasteiger partial charge in [0.15, 0.2) is 5.16 Å². The van der Waals surface area contributed by atoms with Crippen LogP contribution in [-0.2, 0) is 12.8 Å². The Bertz CT molecular complexity index is 1260. The van der Waals surface area contributed by atoms with E-state index >= 15 is 0 Å². The van der Waals surface area contributed by atoms with Crippen molar-refractivity contribution in [2.24, 2.45) is 0 Å². The van der Waals surface area contributed by atoms with Crippen LogP contribution in [0.4, 0.5) is 0 Å². The van der Waals surface area contributed by atoms with Crippen LogP contribution < -0.4 is 5.56 Å². The quantitative estimate of drug-likeness (QED) is 0.282. The van der Waals surface area contributed by atoms with Gasteiger partial charge in [-0.15, -0.1) is 11.3 Å². The largest absolute Gasteiger partial charge is 0.268 e. The monoisotopic (exact) mass is 430 g/mol. The summed E-state index contributed by atoms with van der Waals surface area (Å²) in [5.74, 6) is 0.755. The molecule has 30 heavy (non-hydrogen) atoms. The van der Waals surface area contributed by atoms with Gasteiger partial charge in [-0.05, 0) is 48.9 Å². The maximum absolute atomic E-state index is 13.6. The molecule has 150 valence electrons. The molecular formula is C25H22N2OS2. The first kappa shape index (κ1) is 19.3. The van der Waals surface area contributed by atoms with Gasteiger partial charge >= 0.3 is 0 Å². The lowest BCUT2D eigenvalue weighted by atomic mass is 9.97. The topological polar surface area (TPSA) is 34.9 Å². The average Bonchev–Trinajstić information content (AvgIpc) is 3.17. The SMILES string of the molecule is O=c1c2c3c(sc2nc(SC/C=C/c2ccccc2)n1-c1ccccc1)CCCC3. The Kier molecular flexibility index (Phi) is 5.56. The van der Waals surface area contributed by atoms with E-state index in [4.69, 9.17) is 4.98 Å². The molecule has 2 aromatic carbocycles. The standard InChI is InChI=1S/C25H22N2OS2/c28-24-22-20-15-7-8-16-21(20)30-23(22)26-25(27(24)19-13-5-2-6-14-19)29-17-9-12-18-10-3-1-4-11-18/h1-6,9-14H,7-8,15-17H2/b12-9+.